The Morgan fingerprint density at radius 2 is 2.00 bits per heavy atom. The molecule has 0 radical (unpaired) electrons. The molecule has 1 unspecified atom stereocenters. The minimum absolute atomic E-state index is 0.00136. The van der Waals surface area contributed by atoms with Gasteiger partial charge in [-0.1, -0.05) is 36.4 Å². The number of carbonyl (C=O) groups is 1. The van der Waals surface area contributed by atoms with Gasteiger partial charge in [0.05, 0.1) is 0 Å². The van der Waals surface area contributed by atoms with Crippen molar-refractivity contribution >= 4 is 28.4 Å². The van der Waals surface area contributed by atoms with Crippen LogP contribution < -0.4 is 5.32 Å². The van der Waals surface area contributed by atoms with E-state index >= 15 is 0 Å². The molecule has 0 aliphatic heterocycles. The third-order valence-corrected chi connectivity index (χ3v) is 3.95. The highest BCUT2D eigenvalue weighted by Crippen LogP contribution is 2.18. The van der Waals surface area contributed by atoms with Crippen LogP contribution in [0.4, 0.5) is 0 Å². The van der Waals surface area contributed by atoms with Crippen LogP contribution in [-0.4, -0.2) is 35.7 Å². The van der Waals surface area contributed by atoms with Crippen molar-refractivity contribution in [1.29, 1.82) is 0 Å². The van der Waals surface area contributed by atoms with Crippen molar-refractivity contribution in [1.82, 2.24) is 5.32 Å². The molecule has 106 valence electrons. The zero-order valence-electron chi connectivity index (χ0n) is 11.5. The van der Waals surface area contributed by atoms with Crippen LogP contribution >= 0.6 is 11.8 Å². The lowest BCUT2D eigenvalue weighted by molar-refractivity contribution is 0.0937. The van der Waals surface area contributed by atoms with Gasteiger partial charge in [0.15, 0.2) is 0 Å². The molecule has 2 N–H and O–H groups in total. The molecule has 2 aromatic carbocycles. The van der Waals surface area contributed by atoms with Crippen LogP contribution in [0.5, 0.6) is 0 Å². The Morgan fingerprint density at radius 3 is 2.75 bits per heavy atom. The summed E-state index contributed by atoms with van der Waals surface area (Å²) in [4.78, 5) is 12.4. The highest BCUT2D eigenvalue weighted by Gasteiger charge is 2.14. The van der Waals surface area contributed by atoms with Crippen LogP contribution in [0.15, 0.2) is 42.5 Å². The van der Waals surface area contributed by atoms with Gasteiger partial charge in [0.2, 0.25) is 0 Å². The lowest BCUT2D eigenvalue weighted by Gasteiger charge is -2.17. The molecule has 0 aliphatic rings. The lowest BCUT2D eigenvalue weighted by Crippen LogP contribution is -2.37. The van der Waals surface area contributed by atoms with Gasteiger partial charge in [0, 0.05) is 24.0 Å². The second-order valence-electron chi connectivity index (χ2n) is 4.66. The summed E-state index contributed by atoms with van der Waals surface area (Å²) in [5, 5.41) is 14.1. The average molecular weight is 289 g/mol. The van der Waals surface area contributed by atoms with Crippen LogP contribution in [0.2, 0.25) is 0 Å². The number of aliphatic hydroxyl groups excluding tert-OH is 1. The number of nitrogens with one attached hydrogen (secondary N) is 1. The maximum atomic E-state index is 12.4. The summed E-state index contributed by atoms with van der Waals surface area (Å²) >= 11 is 1.66. The van der Waals surface area contributed by atoms with Crippen LogP contribution in [0, 0.1) is 0 Å². The van der Waals surface area contributed by atoms with E-state index in [1.165, 1.54) is 0 Å². The monoisotopic (exact) mass is 289 g/mol. The Balaban J connectivity index is 2.22. The fourth-order valence-electron chi connectivity index (χ4n) is 2.24. The first-order chi connectivity index (χ1) is 9.76. The van der Waals surface area contributed by atoms with Crippen LogP contribution in [0.1, 0.15) is 16.8 Å². The molecule has 0 heterocycles. The topological polar surface area (TPSA) is 49.3 Å². The summed E-state index contributed by atoms with van der Waals surface area (Å²) in [5.41, 5.74) is 0.687. The van der Waals surface area contributed by atoms with Crippen molar-refractivity contribution in [2.75, 3.05) is 18.6 Å². The molecule has 20 heavy (non-hydrogen) atoms. The Hall–Kier alpha value is -1.52. The van der Waals surface area contributed by atoms with Crippen LogP contribution in [-0.2, 0) is 0 Å². The number of rotatable bonds is 6. The summed E-state index contributed by atoms with van der Waals surface area (Å²) in [7, 11) is 0. The zero-order chi connectivity index (χ0) is 14.4. The van der Waals surface area contributed by atoms with Gasteiger partial charge in [-0.15, -0.1) is 0 Å². The largest absolute Gasteiger partial charge is 0.396 e. The normalized spacial score (nSPS) is 12.3. The predicted octanol–water partition coefficient (Wildman–Crippen LogP) is 2.68. The van der Waals surface area contributed by atoms with Crippen molar-refractivity contribution in [2.24, 2.45) is 0 Å². The molecule has 0 bridgehead atoms. The standard InChI is InChI=1S/C16H19NO2S/c1-20-11-13(9-10-18)17-16(19)15-8-4-6-12-5-2-3-7-14(12)15/h2-8,13,18H,9-11H2,1H3,(H,17,19). The molecule has 0 aliphatic carbocycles. The van der Waals surface area contributed by atoms with Crippen LogP contribution in [0.25, 0.3) is 10.8 Å². The first-order valence-corrected chi connectivity index (χ1v) is 8.04. The van der Waals surface area contributed by atoms with E-state index in [1.807, 2.05) is 48.7 Å². The van der Waals surface area contributed by atoms with Gasteiger partial charge < -0.3 is 10.4 Å². The van der Waals surface area contributed by atoms with Crippen molar-refractivity contribution in [3.8, 4) is 0 Å². The van der Waals surface area contributed by atoms with Crippen molar-refractivity contribution < 1.29 is 9.90 Å². The summed E-state index contributed by atoms with van der Waals surface area (Å²) in [6.45, 7) is 0.0844. The van der Waals surface area contributed by atoms with Gasteiger partial charge in [-0.3, -0.25) is 4.79 Å². The van der Waals surface area contributed by atoms with E-state index in [0.717, 1.165) is 16.5 Å². The summed E-state index contributed by atoms with van der Waals surface area (Å²) in [6.07, 6.45) is 2.58. The SMILES string of the molecule is CSCC(CCO)NC(=O)c1cccc2ccccc12. The molecular formula is C16H19NO2S. The second kappa shape index (κ2) is 7.31. The van der Waals surface area contributed by atoms with Gasteiger partial charge in [-0.05, 0) is 29.5 Å². The number of hydrogen-bond acceptors (Lipinski definition) is 3. The first-order valence-electron chi connectivity index (χ1n) is 6.64. The fourth-order valence-corrected chi connectivity index (χ4v) is 2.89. The van der Waals surface area contributed by atoms with Gasteiger partial charge in [-0.2, -0.15) is 11.8 Å². The van der Waals surface area contributed by atoms with E-state index in [2.05, 4.69) is 5.32 Å². The molecule has 1 atom stereocenters. The smallest absolute Gasteiger partial charge is 0.252 e. The summed E-state index contributed by atoms with van der Waals surface area (Å²) < 4.78 is 0. The Bertz CT molecular complexity index is 574. The predicted molar refractivity (Wildman–Crippen MR) is 85.3 cm³/mol. The van der Waals surface area contributed by atoms with Gasteiger partial charge in [0.25, 0.3) is 5.91 Å². The second-order valence-corrected chi connectivity index (χ2v) is 5.58. The van der Waals surface area contributed by atoms with Crippen molar-refractivity contribution in [3.63, 3.8) is 0 Å². The number of benzene rings is 2. The van der Waals surface area contributed by atoms with Gasteiger partial charge >= 0.3 is 0 Å². The van der Waals surface area contributed by atoms with E-state index in [-0.39, 0.29) is 18.6 Å². The number of hydrogen-bond donors (Lipinski definition) is 2. The molecule has 0 fully saturated rings. The molecule has 3 nitrogen and oxygen atoms in total. The number of aliphatic hydroxyl groups is 1. The molecule has 4 heteroatoms. The highest BCUT2D eigenvalue weighted by atomic mass is 32.2. The zero-order valence-corrected chi connectivity index (χ0v) is 12.3. The highest BCUT2D eigenvalue weighted by molar-refractivity contribution is 7.98. The summed E-state index contributed by atoms with van der Waals surface area (Å²) in [6, 6.07) is 13.6. The molecular weight excluding hydrogens is 270 g/mol. The van der Waals surface area contributed by atoms with Gasteiger partial charge in [-0.25, -0.2) is 0 Å². The van der Waals surface area contributed by atoms with E-state index < -0.39 is 0 Å². The van der Waals surface area contributed by atoms with Crippen LogP contribution in [0.3, 0.4) is 0 Å². The number of carbonyl (C=O) groups excluding carboxylic acids is 1. The van der Waals surface area contributed by atoms with Crippen molar-refractivity contribution in [2.45, 2.75) is 12.5 Å². The Morgan fingerprint density at radius 1 is 1.25 bits per heavy atom. The molecule has 2 aromatic rings. The molecule has 0 saturated heterocycles. The van der Waals surface area contributed by atoms with Gasteiger partial charge in [0.1, 0.15) is 0 Å². The van der Waals surface area contributed by atoms with E-state index in [9.17, 15) is 4.79 Å². The number of fused-ring (bicyclic) bond motifs is 1. The minimum atomic E-state index is -0.0747. The molecule has 0 saturated carbocycles. The first kappa shape index (κ1) is 14.9. The molecule has 0 aromatic heterocycles. The quantitative estimate of drug-likeness (QED) is 0.859. The molecule has 1 amide bonds. The maximum Gasteiger partial charge on any atom is 0.252 e. The fraction of sp³-hybridized carbons (Fsp3) is 0.312. The Labute approximate surface area is 123 Å². The number of thioether (sulfide) groups is 1. The number of amides is 1. The Kier molecular flexibility index (Phi) is 5.44. The maximum absolute atomic E-state index is 12.4. The van der Waals surface area contributed by atoms with E-state index in [0.29, 0.717) is 12.0 Å². The van der Waals surface area contributed by atoms with Crippen molar-refractivity contribution in [3.05, 3.63) is 48.0 Å². The van der Waals surface area contributed by atoms with E-state index in [1.54, 1.807) is 11.8 Å². The third kappa shape index (κ3) is 3.52. The lowest BCUT2D eigenvalue weighted by atomic mass is 10.0. The average Bonchev–Trinajstić information content (AvgIpc) is 2.47. The molecule has 2 rings (SSSR count). The minimum Gasteiger partial charge on any atom is -0.396 e. The molecule has 0 spiro atoms. The third-order valence-electron chi connectivity index (χ3n) is 3.21. The summed E-state index contributed by atoms with van der Waals surface area (Å²) in [5.74, 6) is 0.728. The van der Waals surface area contributed by atoms with E-state index in [4.69, 9.17) is 5.11 Å².